The fourth-order valence-electron chi connectivity index (χ4n) is 5.55. The summed E-state index contributed by atoms with van der Waals surface area (Å²) in [4.78, 5) is 9.61. The van der Waals surface area contributed by atoms with Crippen LogP contribution in [0.3, 0.4) is 0 Å². The molecule has 6 heteroatoms. The minimum atomic E-state index is -0.107. The van der Waals surface area contributed by atoms with Gasteiger partial charge in [-0.05, 0) is 33.9 Å². The van der Waals surface area contributed by atoms with Crippen molar-refractivity contribution >= 4 is 27.2 Å². The molecule has 0 radical (unpaired) electrons. The molecule has 0 saturated heterocycles. The van der Waals surface area contributed by atoms with Crippen molar-refractivity contribution in [2.45, 2.75) is 12.5 Å². The number of hydrogen-bond acceptors (Lipinski definition) is 5. The quantitative estimate of drug-likeness (QED) is 0.251. The zero-order valence-corrected chi connectivity index (χ0v) is 20.9. The van der Waals surface area contributed by atoms with Gasteiger partial charge in [0.05, 0.1) is 5.56 Å². The summed E-state index contributed by atoms with van der Waals surface area (Å²) in [5.41, 5.74) is 3.84. The molecule has 0 saturated carbocycles. The van der Waals surface area contributed by atoms with Crippen LogP contribution in [0.2, 0.25) is 0 Å². The van der Waals surface area contributed by atoms with Gasteiger partial charge in [-0.25, -0.2) is 14.5 Å². The molecule has 0 amide bonds. The molecule has 1 atom stereocenters. The lowest BCUT2D eigenvalue weighted by Gasteiger charge is -2.28. The zero-order valence-electron chi connectivity index (χ0n) is 20.9. The van der Waals surface area contributed by atoms with Crippen molar-refractivity contribution in [1.29, 1.82) is 0 Å². The fourth-order valence-corrected chi connectivity index (χ4v) is 5.55. The van der Waals surface area contributed by atoms with E-state index in [0.29, 0.717) is 17.4 Å². The van der Waals surface area contributed by atoms with E-state index in [0.717, 1.165) is 44.3 Å². The van der Waals surface area contributed by atoms with E-state index in [1.54, 1.807) is 10.8 Å². The molecule has 0 spiro atoms. The highest BCUT2D eigenvalue weighted by molar-refractivity contribution is 5.91. The summed E-state index contributed by atoms with van der Waals surface area (Å²) in [6.45, 7) is 0.243. The van der Waals surface area contributed by atoms with Gasteiger partial charge in [-0.2, -0.15) is 0 Å². The van der Waals surface area contributed by atoms with Gasteiger partial charge >= 0.3 is 0 Å². The first-order valence-electron chi connectivity index (χ1n) is 12.9. The van der Waals surface area contributed by atoms with E-state index in [1.165, 1.54) is 5.39 Å². The molecule has 6 nitrogen and oxygen atoms in total. The molecule has 0 bridgehead atoms. The molecular weight excluding hydrogens is 484 g/mol. The van der Waals surface area contributed by atoms with Crippen molar-refractivity contribution in [3.8, 4) is 17.4 Å². The van der Waals surface area contributed by atoms with Gasteiger partial charge in [-0.1, -0.05) is 97.1 Å². The Bertz CT molecular complexity index is 2020. The van der Waals surface area contributed by atoms with Gasteiger partial charge in [0.15, 0.2) is 11.5 Å². The average Bonchev–Trinajstić information content (AvgIpc) is 3.43. The minimum Gasteiger partial charge on any atom is -0.486 e. The van der Waals surface area contributed by atoms with E-state index in [-0.39, 0.29) is 12.5 Å². The molecular formula is C33H22N4O2. The second kappa shape index (κ2) is 8.67. The topological polar surface area (TPSA) is 61.5 Å². The highest BCUT2D eigenvalue weighted by Gasteiger charge is 2.34. The van der Waals surface area contributed by atoms with Crippen molar-refractivity contribution in [3.63, 3.8) is 0 Å². The maximum absolute atomic E-state index is 6.51. The number of fused-ring (bicyclic) bond motifs is 7. The van der Waals surface area contributed by atoms with E-state index < -0.39 is 0 Å². The van der Waals surface area contributed by atoms with Crippen LogP contribution >= 0.6 is 0 Å². The summed E-state index contributed by atoms with van der Waals surface area (Å²) in [7, 11) is 0. The fraction of sp³-hybridized carbons (Fsp3) is 0.0606. The van der Waals surface area contributed by atoms with E-state index >= 15 is 0 Å². The van der Waals surface area contributed by atoms with Crippen LogP contribution in [0.5, 0.6) is 17.4 Å². The monoisotopic (exact) mass is 506 g/mol. The SMILES string of the molecule is c1ccc(C2c3ccc4ccccc4c3Oc3ncn4nc(COc5ccc6ccccc6c5)nc4c32)cc1. The average molecular weight is 507 g/mol. The Kier molecular flexibility index (Phi) is 4.85. The number of nitrogens with zero attached hydrogens (tertiary/aromatic N) is 4. The molecule has 39 heavy (non-hydrogen) atoms. The van der Waals surface area contributed by atoms with Crippen LogP contribution in [0.1, 0.15) is 28.4 Å². The number of ether oxygens (including phenoxy) is 2. The molecule has 1 unspecified atom stereocenters. The summed E-state index contributed by atoms with van der Waals surface area (Å²) in [6.07, 6.45) is 1.67. The molecule has 3 heterocycles. The lowest BCUT2D eigenvalue weighted by Crippen LogP contribution is -2.15. The Morgan fingerprint density at radius 2 is 1.54 bits per heavy atom. The smallest absolute Gasteiger partial charge is 0.228 e. The van der Waals surface area contributed by atoms with Crippen molar-refractivity contribution in [3.05, 3.63) is 138 Å². The first-order valence-corrected chi connectivity index (χ1v) is 12.9. The van der Waals surface area contributed by atoms with Crippen molar-refractivity contribution in [2.24, 2.45) is 0 Å². The Labute approximate surface area is 224 Å². The molecule has 1 aliphatic heterocycles. The molecule has 186 valence electrons. The van der Waals surface area contributed by atoms with Gasteiger partial charge in [0, 0.05) is 16.9 Å². The lowest BCUT2D eigenvalue weighted by atomic mass is 9.83. The molecule has 0 aliphatic carbocycles. The number of rotatable bonds is 4. The zero-order chi connectivity index (χ0) is 25.8. The van der Waals surface area contributed by atoms with Crippen molar-refractivity contribution in [1.82, 2.24) is 19.6 Å². The predicted molar refractivity (Wildman–Crippen MR) is 150 cm³/mol. The van der Waals surface area contributed by atoms with E-state index in [2.05, 4.69) is 66.7 Å². The largest absolute Gasteiger partial charge is 0.486 e. The minimum absolute atomic E-state index is 0.107. The first kappa shape index (κ1) is 21.8. The van der Waals surface area contributed by atoms with E-state index in [1.807, 2.05) is 42.5 Å². The molecule has 5 aromatic carbocycles. The maximum atomic E-state index is 6.51. The highest BCUT2D eigenvalue weighted by atomic mass is 16.5. The summed E-state index contributed by atoms with van der Waals surface area (Å²) in [5, 5.41) is 9.19. The molecule has 7 aromatic rings. The van der Waals surface area contributed by atoms with Gasteiger partial charge in [0.2, 0.25) is 5.88 Å². The normalized spacial score (nSPS) is 14.2. The van der Waals surface area contributed by atoms with Crippen LogP contribution in [0, 0.1) is 0 Å². The van der Waals surface area contributed by atoms with Gasteiger partial charge in [0.25, 0.3) is 0 Å². The van der Waals surface area contributed by atoms with Gasteiger partial charge in [0.1, 0.15) is 24.4 Å². The van der Waals surface area contributed by atoms with Crippen LogP contribution in [0.4, 0.5) is 0 Å². The highest BCUT2D eigenvalue weighted by Crippen LogP contribution is 2.50. The van der Waals surface area contributed by atoms with E-state index in [4.69, 9.17) is 24.5 Å². The van der Waals surface area contributed by atoms with Crippen molar-refractivity contribution in [2.75, 3.05) is 0 Å². The molecule has 0 fully saturated rings. The van der Waals surface area contributed by atoms with Gasteiger partial charge in [-0.15, -0.1) is 5.10 Å². The Morgan fingerprint density at radius 3 is 2.44 bits per heavy atom. The van der Waals surface area contributed by atoms with Crippen LogP contribution in [-0.4, -0.2) is 19.6 Å². The standard InChI is InChI=1S/C33H22N4O2/c1-2-10-23(11-3-1)29-27-17-15-22-9-6-7-13-26(22)31(27)39-33-30(29)32-35-28(36-37(32)20-34-33)19-38-25-16-14-21-8-4-5-12-24(21)18-25/h1-18,20,29H,19H2. The third-order valence-electron chi connectivity index (χ3n) is 7.36. The summed E-state index contributed by atoms with van der Waals surface area (Å²) >= 11 is 0. The van der Waals surface area contributed by atoms with Crippen LogP contribution in [-0.2, 0) is 6.61 Å². The van der Waals surface area contributed by atoms with Gasteiger partial charge in [-0.3, -0.25) is 0 Å². The van der Waals surface area contributed by atoms with Gasteiger partial charge < -0.3 is 9.47 Å². The summed E-state index contributed by atoms with van der Waals surface area (Å²) in [6, 6.07) is 37.3. The molecule has 2 aromatic heterocycles. The van der Waals surface area contributed by atoms with E-state index in [9.17, 15) is 0 Å². The van der Waals surface area contributed by atoms with Crippen LogP contribution in [0.25, 0.3) is 27.2 Å². The van der Waals surface area contributed by atoms with Crippen LogP contribution in [0.15, 0.2) is 116 Å². The molecule has 0 N–H and O–H groups in total. The Morgan fingerprint density at radius 1 is 0.769 bits per heavy atom. The lowest BCUT2D eigenvalue weighted by molar-refractivity contribution is 0.296. The number of hydrogen-bond donors (Lipinski definition) is 0. The number of aromatic nitrogens is 4. The third kappa shape index (κ3) is 3.61. The summed E-state index contributed by atoms with van der Waals surface area (Å²) < 4.78 is 14.3. The number of benzene rings is 5. The third-order valence-corrected chi connectivity index (χ3v) is 7.36. The molecule has 8 rings (SSSR count). The van der Waals surface area contributed by atoms with Crippen LogP contribution < -0.4 is 9.47 Å². The second-order valence-electron chi connectivity index (χ2n) is 9.71. The predicted octanol–water partition coefficient (Wildman–Crippen LogP) is 7.30. The molecule has 1 aliphatic rings. The Balaban J connectivity index is 1.23. The maximum Gasteiger partial charge on any atom is 0.228 e. The second-order valence-corrected chi connectivity index (χ2v) is 9.71. The van der Waals surface area contributed by atoms with Crippen molar-refractivity contribution < 1.29 is 9.47 Å². The first-order chi connectivity index (χ1) is 19.3. The Hall–Kier alpha value is -5.23. The summed E-state index contributed by atoms with van der Waals surface area (Å²) in [5.74, 6) is 2.64.